The van der Waals surface area contributed by atoms with E-state index in [9.17, 15) is 10.1 Å². The van der Waals surface area contributed by atoms with Crippen LogP contribution in [0.15, 0.2) is 39.9 Å². The number of nitriles is 1. The number of halogens is 1. The zero-order valence-corrected chi connectivity index (χ0v) is 17.1. The number of allylic oxidation sites excluding steroid dienone is 2. The van der Waals surface area contributed by atoms with Crippen LogP contribution in [0.3, 0.4) is 0 Å². The highest BCUT2D eigenvalue weighted by Crippen LogP contribution is 2.53. The fourth-order valence-corrected chi connectivity index (χ4v) is 5.56. The van der Waals surface area contributed by atoms with Gasteiger partial charge in [0, 0.05) is 58.8 Å². The number of H-pyrrole nitrogens is 1. The fraction of sp³-hybridized carbons (Fsp3) is 0.364. The number of ether oxygens (including phenoxy) is 2. The highest BCUT2D eigenvalue weighted by Gasteiger charge is 2.49. The normalized spacial score (nSPS) is 23.4. The minimum Gasteiger partial charge on any atom is -0.381 e. The molecule has 1 fully saturated rings. The maximum absolute atomic E-state index is 13.6. The van der Waals surface area contributed by atoms with E-state index in [4.69, 9.17) is 9.47 Å². The molecule has 1 N–H and O–H groups in total. The number of rotatable bonds is 1. The summed E-state index contributed by atoms with van der Waals surface area (Å²) in [6.07, 6.45) is 4.20. The molecule has 0 bridgehead atoms. The van der Waals surface area contributed by atoms with Crippen molar-refractivity contribution in [2.24, 2.45) is 0 Å². The summed E-state index contributed by atoms with van der Waals surface area (Å²) >= 11 is 3.60. The van der Waals surface area contributed by atoms with E-state index in [1.807, 2.05) is 18.2 Å². The molecule has 1 aliphatic heterocycles. The molecule has 2 heterocycles. The van der Waals surface area contributed by atoms with Gasteiger partial charge in [0.2, 0.25) is 0 Å². The smallest absolute Gasteiger partial charge is 0.195 e. The van der Waals surface area contributed by atoms with Crippen molar-refractivity contribution < 1.29 is 14.3 Å². The Morgan fingerprint density at radius 3 is 2.86 bits per heavy atom. The second kappa shape index (κ2) is 6.41. The lowest BCUT2D eigenvalue weighted by Crippen LogP contribution is -2.43. The summed E-state index contributed by atoms with van der Waals surface area (Å²) in [6.45, 7) is 1.32. The van der Waals surface area contributed by atoms with E-state index in [1.54, 1.807) is 13.2 Å². The molecule has 0 amide bonds. The largest absolute Gasteiger partial charge is 0.381 e. The Morgan fingerprint density at radius 1 is 1.36 bits per heavy atom. The molecule has 28 heavy (non-hydrogen) atoms. The molecule has 1 spiro atoms. The van der Waals surface area contributed by atoms with Gasteiger partial charge in [0.05, 0.1) is 23.3 Å². The molecule has 0 radical (unpaired) electrons. The first kappa shape index (κ1) is 17.9. The van der Waals surface area contributed by atoms with E-state index in [0.717, 1.165) is 50.6 Å². The Labute approximate surface area is 171 Å². The van der Waals surface area contributed by atoms with E-state index in [1.165, 1.54) is 0 Å². The Bertz CT molecular complexity index is 1110. The molecule has 0 saturated carbocycles. The summed E-state index contributed by atoms with van der Waals surface area (Å²) in [5, 5.41) is 10.1. The van der Waals surface area contributed by atoms with E-state index in [2.05, 4.69) is 27.0 Å². The van der Waals surface area contributed by atoms with E-state index in [0.29, 0.717) is 25.2 Å². The number of nitrogens with zero attached hydrogens (tertiary/aromatic N) is 1. The number of carbonyl (C=O) groups is 1. The van der Waals surface area contributed by atoms with Gasteiger partial charge in [-0.25, -0.2) is 0 Å². The molecule has 5 nitrogen and oxygen atoms in total. The summed E-state index contributed by atoms with van der Waals surface area (Å²) in [4.78, 5) is 17.1. The molecule has 2 aliphatic carbocycles. The van der Waals surface area contributed by atoms with Crippen molar-refractivity contribution in [1.29, 1.82) is 5.26 Å². The number of aromatic nitrogens is 1. The van der Waals surface area contributed by atoms with Crippen LogP contribution in [0, 0.1) is 11.3 Å². The van der Waals surface area contributed by atoms with E-state index < -0.39 is 0 Å². The van der Waals surface area contributed by atoms with Gasteiger partial charge in [0.25, 0.3) is 0 Å². The van der Waals surface area contributed by atoms with E-state index >= 15 is 0 Å². The van der Waals surface area contributed by atoms with Gasteiger partial charge in [0.1, 0.15) is 0 Å². The van der Waals surface area contributed by atoms with Crippen LogP contribution < -0.4 is 0 Å². The number of carbonyl (C=O) groups excluding carboxylic acids is 1. The van der Waals surface area contributed by atoms with Crippen LogP contribution in [0.25, 0.3) is 10.9 Å². The number of Topliss-reactive ketones (excluding diaryl/α,β-unsaturated/α-hetero) is 1. The van der Waals surface area contributed by atoms with Crippen molar-refractivity contribution >= 4 is 32.6 Å². The molecule has 1 unspecified atom stereocenters. The van der Waals surface area contributed by atoms with Gasteiger partial charge in [-0.05, 0) is 36.6 Å². The Hall–Kier alpha value is -2.20. The quantitative estimate of drug-likeness (QED) is 0.720. The monoisotopic (exact) mass is 438 g/mol. The van der Waals surface area contributed by atoms with Gasteiger partial charge in [-0.1, -0.05) is 22.0 Å². The number of hydrogen-bond donors (Lipinski definition) is 1. The van der Waals surface area contributed by atoms with Crippen LogP contribution in [-0.4, -0.2) is 37.2 Å². The molecule has 6 heteroatoms. The topological polar surface area (TPSA) is 75.1 Å². The van der Waals surface area contributed by atoms with Crippen molar-refractivity contribution in [2.75, 3.05) is 20.3 Å². The third kappa shape index (κ3) is 2.33. The van der Waals surface area contributed by atoms with Crippen molar-refractivity contribution in [1.82, 2.24) is 4.98 Å². The molecule has 1 aromatic carbocycles. The zero-order valence-electron chi connectivity index (χ0n) is 15.5. The first-order valence-corrected chi connectivity index (χ1v) is 10.2. The minimum absolute atomic E-state index is 0.0459. The van der Waals surface area contributed by atoms with Crippen LogP contribution >= 0.6 is 15.9 Å². The van der Waals surface area contributed by atoms with Gasteiger partial charge in [0.15, 0.2) is 5.78 Å². The van der Waals surface area contributed by atoms with Crippen LogP contribution in [0.4, 0.5) is 0 Å². The number of fused-ring (bicyclic) bond motifs is 5. The van der Waals surface area contributed by atoms with Crippen LogP contribution in [0.2, 0.25) is 0 Å². The van der Waals surface area contributed by atoms with Crippen LogP contribution in [-0.2, 0) is 14.9 Å². The highest BCUT2D eigenvalue weighted by molar-refractivity contribution is 9.11. The molecule has 142 valence electrons. The number of benzene rings is 1. The molecule has 2 aromatic rings. The number of methoxy groups -OCH3 is 1. The number of nitrogens with one attached hydrogen (secondary N) is 1. The van der Waals surface area contributed by atoms with Gasteiger partial charge in [-0.3, -0.25) is 4.79 Å². The van der Waals surface area contributed by atoms with E-state index in [-0.39, 0.29) is 17.3 Å². The molecular weight excluding hydrogens is 420 g/mol. The first-order valence-electron chi connectivity index (χ1n) is 9.41. The predicted octanol–water partition coefficient (Wildman–Crippen LogP) is 4.28. The lowest BCUT2D eigenvalue weighted by atomic mass is 9.62. The zero-order chi connectivity index (χ0) is 19.5. The average Bonchev–Trinajstić information content (AvgIpc) is 3.12. The Morgan fingerprint density at radius 2 is 2.14 bits per heavy atom. The van der Waals surface area contributed by atoms with Crippen molar-refractivity contribution in [3.8, 4) is 6.07 Å². The summed E-state index contributed by atoms with van der Waals surface area (Å²) in [6, 6.07) is 7.68. The summed E-state index contributed by atoms with van der Waals surface area (Å²) in [5.74, 6) is 0.0459. The fourth-order valence-electron chi connectivity index (χ4n) is 4.98. The Kier molecular flexibility index (Phi) is 4.09. The van der Waals surface area contributed by atoms with Gasteiger partial charge in [-0.2, -0.15) is 5.26 Å². The predicted molar refractivity (Wildman–Crippen MR) is 109 cm³/mol. The number of aromatic amines is 1. The highest BCUT2D eigenvalue weighted by atomic mass is 79.9. The van der Waals surface area contributed by atoms with Gasteiger partial charge < -0.3 is 14.5 Å². The molecule has 3 aliphatic rings. The SMILES string of the molecule is COC1CC2=C(C=C1Br)C(=O)c1c([nH]c3cc(C#N)ccc13)C21CCOCC1. The second-order valence-electron chi connectivity index (χ2n) is 7.62. The second-order valence-corrected chi connectivity index (χ2v) is 8.54. The molecule has 1 atom stereocenters. The average molecular weight is 439 g/mol. The minimum atomic E-state index is -0.260. The lowest BCUT2D eigenvalue weighted by Gasteiger charge is -2.45. The van der Waals surface area contributed by atoms with Gasteiger partial charge in [-0.15, -0.1) is 0 Å². The Balaban J connectivity index is 1.80. The maximum Gasteiger partial charge on any atom is 0.195 e. The van der Waals surface area contributed by atoms with Crippen molar-refractivity contribution in [2.45, 2.75) is 30.8 Å². The standard InChI is InChI=1S/C22H19BrN2O3/c1-27-18-10-15-14(9-16(18)23)20(26)19-13-3-2-12(11-24)8-17(13)25-21(19)22(15)4-6-28-7-5-22/h2-3,8-9,18,25H,4-7,10H2,1H3. The summed E-state index contributed by atoms with van der Waals surface area (Å²) < 4.78 is 12.2. The molecule has 1 saturated heterocycles. The molecule has 1 aromatic heterocycles. The van der Waals surface area contributed by atoms with Crippen LogP contribution in [0.5, 0.6) is 0 Å². The van der Waals surface area contributed by atoms with Crippen molar-refractivity contribution in [3.05, 3.63) is 56.7 Å². The van der Waals surface area contributed by atoms with Crippen molar-refractivity contribution in [3.63, 3.8) is 0 Å². The maximum atomic E-state index is 13.6. The number of ketones is 1. The lowest BCUT2D eigenvalue weighted by molar-refractivity contribution is 0.0536. The third-order valence-corrected chi connectivity index (χ3v) is 7.13. The summed E-state index contributed by atoms with van der Waals surface area (Å²) in [5.41, 5.74) is 4.81. The summed E-state index contributed by atoms with van der Waals surface area (Å²) in [7, 11) is 1.70. The first-order chi connectivity index (χ1) is 13.6. The van der Waals surface area contributed by atoms with Crippen LogP contribution in [0.1, 0.15) is 40.9 Å². The molecular formula is C22H19BrN2O3. The third-order valence-electron chi connectivity index (χ3n) is 6.39. The molecule has 5 rings (SSSR count). The number of hydrogen-bond acceptors (Lipinski definition) is 4. The van der Waals surface area contributed by atoms with Gasteiger partial charge >= 0.3 is 0 Å².